The first-order valence-electron chi connectivity index (χ1n) is 6.97. The van der Waals surface area contributed by atoms with Gasteiger partial charge in [-0.3, -0.25) is 4.79 Å². The summed E-state index contributed by atoms with van der Waals surface area (Å²) in [5.41, 5.74) is 1.21. The minimum absolute atomic E-state index is 0.0192. The van der Waals surface area contributed by atoms with E-state index >= 15 is 0 Å². The van der Waals surface area contributed by atoms with Gasteiger partial charge < -0.3 is 20.1 Å². The Hall–Kier alpha value is -1.92. The van der Waals surface area contributed by atoms with E-state index in [0.29, 0.717) is 24.4 Å². The maximum Gasteiger partial charge on any atom is 0.322 e. The topological polar surface area (TPSA) is 78.9 Å². The van der Waals surface area contributed by atoms with Crippen molar-refractivity contribution in [1.29, 1.82) is 0 Å². The van der Waals surface area contributed by atoms with Crippen molar-refractivity contribution < 1.29 is 19.4 Å². The van der Waals surface area contributed by atoms with Gasteiger partial charge in [0.2, 0.25) is 0 Å². The lowest BCUT2D eigenvalue weighted by molar-refractivity contribution is 0.1000. The number of hydrogen-bond donors (Lipinski definition) is 2. The molecule has 1 heterocycles. The van der Waals surface area contributed by atoms with Gasteiger partial charge in [0.15, 0.2) is 5.78 Å². The lowest BCUT2D eigenvalue weighted by atomic mass is 10.1. The second-order valence-electron chi connectivity index (χ2n) is 5.02. The van der Waals surface area contributed by atoms with E-state index < -0.39 is 6.10 Å². The van der Waals surface area contributed by atoms with Gasteiger partial charge in [-0.2, -0.15) is 0 Å². The number of ether oxygens (including phenoxy) is 1. The average molecular weight is 292 g/mol. The first-order chi connectivity index (χ1) is 10.0. The molecular formula is C15H20N2O4. The van der Waals surface area contributed by atoms with Crippen LogP contribution in [-0.4, -0.2) is 53.7 Å². The smallest absolute Gasteiger partial charge is 0.322 e. The van der Waals surface area contributed by atoms with E-state index in [0.717, 1.165) is 0 Å². The number of carbonyl (C=O) groups is 2. The molecule has 6 heteroatoms. The van der Waals surface area contributed by atoms with Gasteiger partial charge in [0.25, 0.3) is 0 Å². The van der Waals surface area contributed by atoms with Gasteiger partial charge in [0.05, 0.1) is 25.4 Å². The van der Waals surface area contributed by atoms with Crippen LogP contribution in [-0.2, 0) is 4.74 Å². The molecule has 1 aliphatic rings. The minimum Gasteiger partial charge on any atom is -0.388 e. The Balaban J connectivity index is 2.03. The van der Waals surface area contributed by atoms with Crippen molar-refractivity contribution in [2.75, 3.05) is 25.1 Å². The maximum absolute atomic E-state index is 12.3. The number of nitrogens with one attached hydrogen (secondary N) is 1. The van der Waals surface area contributed by atoms with Gasteiger partial charge in [0.1, 0.15) is 0 Å². The molecule has 0 radical (unpaired) electrons. The summed E-state index contributed by atoms with van der Waals surface area (Å²) in [6.07, 6.45) is -0.657. The Kier molecular flexibility index (Phi) is 4.93. The molecule has 114 valence electrons. The molecule has 1 saturated heterocycles. The van der Waals surface area contributed by atoms with E-state index in [2.05, 4.69) is 5.32 Å². The Morgan fingerprint density at radius 1 is 1.33 bits per heavy atom. The molecule has 1 aliphatic heterocycles. The van der Waals surface area contributed by atoms with Crippen molar-refractivity contribution in [3.8, 4) is 0 Å². The molecule has 0 aliphatic carbocycles. The number of hydrogen-bond acceptors (Lipinski definition) is 4. The third kappa shape index (κ3) is 3.59. The number of amides is 2. The number of likely N-dealkylation sites (N-methyl/N-ethyl adjacent to an activating group) is 1. The van der Waals surface area contributed by atoms with E-state index in [1.165, 1.54) is 6.92 Å². The molecule has 0 spiro atoms. The summed E-state index contributed by atoms with van der Waals surface area (Å²) >= 11 is 0. The summed E-state index contributed by atoms with van der Waals surface area (Å²) in [4.78, 5) is 25.0. The van der Waals surface area contributed by atoms with Crippen molar-refractivity contribution in [2.45, 2.75) is 26.0 Å². The first kappa shape index (κ1) is 15.5. The first-order valence-corrected chi connectivity index (χ1v) is 6.97. The number of nitrogens with zero attached hydrogens (tertiary/aromatic N) is 1. The fourth-order valence-corrected chi connectivity index (χ4v) is 2.34. The molecule has 2 amide bonds. The van der Waals surface area contributed by atoms with Crippen LogP contribution in [0.5, 0.6) is 0 Å². The number of aliphatic hydroxyl groups is 1. The van der Waals surface area contributed by atoms with E-state index in [1.54, 1.807) is 29.2 Å². The van der Waals surface area contributed by atoms with Crippen LogP contribution < -0.4 is 5.32 Å². The van der Waals surface area contributed by atoms with Gasteiger partial charge in [-0.15, -0.1) is 0 Å². The quantitative estimate of drug-likeness (QED) is 0.824. The van der Waals surface area contributed by atoms with E-state index in [9.17, 15) is 14.7 Å². The van der Waals surface area contributed by atoms with Gasteiger partial charge in [-0.25, -0.2) is 4.79 Å². The molecule has 2 N–H and O–H groups in total. The van der Waals surface area contributed by atoms with Crippen LogP contribution in [0.1, 0.15) is 24.2 Å². The molecule has 6 nitrogen and oxygen atoms in total. The van der Waals surface area contributed by atoms with Gasteiger partial charge >= 0.3 is 6.03 Å². The van der Waals surface area contributed by atoms with Crippen molar-refractivity contribution in [2.24, 2.45) is 0 Å². The molecule has 0 saturated carbocycles. The minimum atomic E-state index is -0.657. The van der Waals surface area contributed by atoms with Crippen molar-refractivity contribution in [3.05, 3.63) is 29.8 Å². The summed E-state index contributed by atoms with van der Waals surface area (Å²) in [6.45, 7) is 4.41. The van der Waals surface area contributed by atoms with Crippen LogP contribution in [0.4, 0.5) is 10.5 Å². The predicted octanol–water partition coefficient (Wildman–Crippen LogP) is 1.50. The molecule has 1 aromatic carbocycles. The standard InChI is InChI=1S/C15H20N2O4/c1-3-17(13-8-21-9-14(13)19)15(20)16-12-6-4-11(5-7-12)10(2)18/h4-7,13-14,19H,3,8-9H2,1-2H3,(H,16,20)/t13-,14-/m1/s1. The zero-order valence-electron chi connectivity index (χ0n) is 12.2. The highest BCUT2D eigenvalue weighted by molar-refractivity contribution is 5.95. The number of anilines is 1. The average Bonchev–Trinajstić information content (AvgIpc) is 2.86. The third-order valence-electron chi connectivity index (χ3n) is 3.57. The van der Waals surface area contributed by atoms with Crippen molar-refractivity contribution in [1.82, 2.24) is 4.90 Å². The lowest BCUT2D eigenvalue weighted by Gasteiger charge is -2.28. The summed E-state index contributed by atoms with van der Waals surface area (Å²) < 4.78 is 5.19. The second-order valence-corrected chi connectivity index (χ2v) is 5.02. The SMILES string of the molecule is CCN(C(=O)Nc1ccc(C(C)=O)cc1)[C@@H]1COC[C@H]1O. The zero-order chi connectivity index (χ0) is 15.4. The van der Waals surface area contributed by atoms with Crippen molar-refractivity contribution >= 4 is 17.5 Å². The summed E-state index contributed by atoms with van der Waals surface area (Å²) in [5, 5.41) is 12.6. The molecule has 0 unspecified atom stereocenters. The molecule has 0 aromatic heterocycles. The molecular weight excluding hydrogens is 272 g/mol. The zero-order valence-corrected chi connectivity index (χ0v) is 12.2. The van der Waals surface area contributed by atoms with Crippen LogP contribution in [0, 0.1) is 0 Å². The Morgan fingerprint density at radius 3 is 2.48 bits per heavy atom. The number of rotatable bonds is 4. The van der Waals surface area contributed by atoms with Gasteiger partial charge in [0, 0.05) is 17.8 Å². The number of Topliss-reactive ketones (excluding diaryl/α,β-unsaturated/α-hetero) is 1. The Morgan fingerprint density at radius 2 is 2.00 bits per heavy atom. The van der Waals surface area contributed by atoms with E-state index in [1.807, 2.05) is 6.92 Å². The van der Waals surface area contributed by atoms with Crippen LogP contribution in [0.15, 0.2) is 24.3 Å². The van der Waals surface area contributed by atoms with E-state index in [-0.39, 0.29) is 24.5 Å². The number of benzene rings is 1. The Labute approximate surface area is 123 Å². The highest BCUT2D eigenvalue weighted by atomic mass is 16.5. The summed E-state index contributed by atoms with van der Waals surface area (Å²) in [6, 6.07) is 6.09. The number of carbonyl (C=O) groups excluding carboxylic acids is 2. The largest absolute Gasteiger partial charge is 0.388 e. The van der Waals surface area contributed by atoms with Crippen LogP contribution in [0.2, 0.25) is 0 Å². The molecule has 1 aromatic rings. The van der Waals surface area contributed by atoms with Crippen LogP contribution in [0.25, 0.3) is 0 Å². The fraction of sp³-hybridized carbons (Fsp3) is 0.467. The fourth-order valence-electron chi connectivity index (χ4n) is 2.34. The van der Waals surface area contributed by atoms with Gasteiger partial charge in [-0.05, 0) is 38.1 Å². The van der Waals surface area contributed by atoms with Crippen LogP contribution in [0.3, 0.4) is 0 Å². The summed E-state index contributed by atoms with van der Waals surface area (Å²) in [7, 11) is 0. The maximum atomic E-state index is 12.3. The number of ketones is 1. The molecule has 1 fully saturated rings. The molecule has 2 rings (SSSR count). The summed E-state index contributed by atoms with van der Waals surface area (Å²) in [5.74, 6) is -0.0192. The number of urea groups is 1. The van der Waals surface area contributed by atoms with Crippen LogP contribution >= 0.6 is 0 Å². The van der Waals surface area contributed by atoms with E-state index in [4.69, 9.17) is 4.74 Å². The lowest BCUT2D eigenvalue weighted by Crippen LogP contribution is -2.48. The highest BCUT2D eigenvalue weighted by Gasteiger charge is 2.33. The molecule has 0 bridgehead atoms. The van der Waals surface area contributed by atoms with Gasteiger partial charge in [-0.1, -0.05) is 0 Å². The monoisotopic (exact) mass is 292 g/mol. The normalized spacial score (nSPS) is 21.1. The molecule has 21 heavy (non-hydrogen) atoms. The second kappa shape index (κ2) is 6.69. The highest BCUT2D eigenvalue weighted by Crippen LogP contribution is 2.16. The molecule has 2 atom stereocenters. The Bertz CT molecular complexity index is 515. The predicted molar refractivity (Wildman–Crippen MR) is 78.5 cm³/mol. The van der Waals surface area contributed by atoms with Crippen molar-refractivity contribution in [3.63, 3.8) is 0 Å². The number of aliphatic hydroxyl groups excluding tert-OH is 1. The third-order valence-corrected chi connectivity index (χ3v) is 3.57.